The van der Waals surface area contributed by atoms with Gasteiger partial charge in [0.25, 0.3) is 0 Å². The van der Waals surface area contributed by atoms with Crippen molar-refractivity contribution in [1.82, 2.24) is 20.7 Å². The summed E-state index contributed by atoms with van der Waals surface area (Å²) in [5.74, 6) is 1.79. The fraction of sp³-hybridized carbons (Fsp3) is 0.765. The van der Waals surface area contributed by atoms with Crippen LogP contribution < -0.4 is 10.6 Å². The van der Waals surface area contributed by atoms with Gasteiger partial charge in [0.05, 0.1) is 18.9 Å². The Labute approximate surface area is 144 Å². The van der Waals surface area contributed by atoms with Gasteiger partial charge in [0.15, 0.2) is 5.96 Å². The zero-order valence-electron chi connectivity index (χ0n) is 15.2. The number of aryl methyl sites for hydroxylation is 2. The Morgan fingerprint density at radius 3 is 2.71 bits per heavy atom. The molecular formula is C17H31N5O2. The summed E-state index contributed by atoms with van der Waals surface area (Å²) in [5.41, 5.74) is 2.16. The summed E-state index contributed by atoms with van der Waals surface area (Å²) in [7, 11) is 0. The highest BCUT2D eigenvalue weighted by Gasteiger charge is 2.10. The van der Waals surface area contributed by atoms with E-state index in [2.05, 4.69) is 32.6 Å². The third-order valence-corrected chi connectivity index (χ3v) is 4.20. The van der Waals surface area contributed by atoms with Crippen LogP contribution in [0.2, 0.25) is 0 Å². The fourth-order valence-corrected chi connectivity index (χ4v) is 2.82. The van der Waals surface area contributed by atoms with E-state index in [9.17, 15) is 0 Å². The Hall–Kier alpha value is -1.60. The monoisotopic (exact) mass is 337 g/mol. The average molecular weight is 337 g/mol. The molecular weight excluding hydrogens is 306 g/mol. The number of nitrogens with zero attached hydrogens (tertiary/aromatic N) is 3. The van der Waals surface area contributed by atoms with Crippen LogP contribution in [0.1, 0.15) is 30.4 Å². The summed E-state index contributed by atoms with van der Waals surface area (Å²) in [6.07, 6.45) is 1.96. The lowest BCUT2D eigenvalue weighted by Crippen LogP contribution is -2.39. The Kier molecular flexibility index (Phi) is 8.04. The first-order valence-electron chi connectivity index (χ1n) is 8.94. The van der Waals surface area contributed by atoms with Gasteiger partial charge >= 0.3 is 0 Å². The number of hydrogen-bond donors (Lipinski definition) is 2. The van der Waals surface area contributed by atoms with Crippen molar-refractivity contribution in [2.75, 3.05) is 52.5 Å². The molecule has 24 heavy (non-hydrogen) atoms. The number of rotatable bonds is 8. The second-order valence-electron chi connectivity index (χ2n) is 6.05. The summed E-state index contributed by atoms with van der Waals surface area (Å²) in [6.45, 7) is 13.4. The molecule has 2 N–H and O–H groups in total. The van der Waals surface area contributed by atoms with Crippen molar-refractivity contribution in [3.8, 4) is 0 Å². The first-order chi connectivity index (χ1) is 11.7. The molecule has 0 aliphatic carbocycles. The molecule has 1 aliphatic rings. The summed E-state index contributed by atoms with van der Waals surface area (Å²) >= 11 is 0. The zero-order valence-corrected chi connectivity index (χ0v) is 15.2. The summed E-state index contributed by atoms with van der Waals surface area (Å²) in [4.78, 5) is 7.10. The highest BCUT2D eigenvalue weighted by atomic mass is 16.5. The molecule has 0 saturated carbocycles. The molecule has 0 atom stereocenters. The topological polar surface area (TPSA) is 74.9 Å². The molecule has 1 aliphatic heterocycles. The van der Waals surface area contributed by atoms with Gasteiger partial charge in [0, 0.05) is 44.8 Å². The van der Waals surface area contributed by atoms with Crippen LogP contribution in [-0.4, -0.2) is 68.5 Å². The van der Waals surface area contributed by atoms with Gasteiger partial charge in [0.1, 0.15) is 5.76 Å². The van der Waals surface area contributed by atoms with E-state index in [1.54, 1.807) is 0 Å². The quantitative estimate of drug-likeness (QED) is 0.420. The minimum Gasteiger partial charge on any atom is -0.379 e. The smallest absolute Gasteiger partial charge is 0.191 e. The van der Waals surface area contributed by atoms with E-state index in [1.165, 1.54) is 5.56 Å². The van der Waals surface area contributed by atoms with Crippen LogP contribution in [0.5, 0.6) is 0 Å². The molecule has 136 valence electrons. The van der Waals surface area contributed by atoms with Gasteiger partial charge in [-0.15, -0.1) is 0 Å². The Balaban J connectivity index is 1.69. The molecule has 0 amide bonds. The maximum Gasteiger partial charge on any atom is 0.191 e. The lowest BCUT2D eigenvalue weighted by atomic mass is 10.1. The van der Waals surface area contributed by atoms with E-state index < -0.39 is 0 Å². The van der Waals surface area contributed by atoms with E-state index in [0.717, 1.165) is 82.7 Å². The van der Waals surface area contributed by atoms with Crippen molar-refractivity contribution in [1.29, 1.82) is 0 Å². The molecule has 2 heterocycles. The van der Waals surface area contributed by atoms with Crippen molar-refractivity contribution >= 4 is 5.96 Å². The largest absolute Gasteiger partial charge is 0.379 e. The summed E-state index contributed by atoms with van der Waals surface area (Å²) in [6, 6.07) is 0. The van der Waals surface area contributed by atoms with Crippen molar-refractivity contribution in [3.63, 3.8) is 0 Å². The second-order valence-corrected chi connectivity index (χ2v) is 6.05. The Morgan fingerprint density at radius 2 is 2.04 bits per heavy atom. The highest BCUT2D eigenvalue weighted by Crippen LogP contribution is 2.11. The van der Waals surface area contributed by atoms with E-state index in [0.29, 0.717) is 0 Å². The van der Waals surface area contributed by atoms with Gasteiger partial charge in [-0.1, -0.05) is 5.16 Å². The lowest BCUT2D eigenvalue weighted by molar-refractivity contribution is 0.0377. The third-order valence-electron chi connectivity index (χ3n) is 4.20. The minimum absolute atomic E-state index is 0.818. The van der Waals surface area contributed by atoms with Gasteiger partial charge in [-0.2, -0.15) is 0 Å². The highest BCUT2D eigenvalue weighted by molar-refractivity contribution is 5.79. The minimum atomic E-state index is 0.818. The molecule has 1 aromatic rings. The third kappa shape index (κ3) is 6.13. The standard InChI is InChI=1S/C17H31N5O2/c1-4-18-17(19-7-5-9-22-10-12-23-13-11-22)20-8-6-16-14(2)21-24-15(16)3/h4-13H2,1-3H3,(H2,18,19,20). The van der Waals surface area contributed by atoms with Crippen molar-refractivity contribution < 1.29 is 9.26 Å². The van der Waals surface area contributed by atoms with Gasteiger partial charge in [0.2, 0.25) is 0 Å². The SMILES string of the molecule is CCNC(=NCCCN1CCOCC1)NCCc1c(C)noc1C. The van der Waals surface area contributed by atoms with E-state index in [-0.39, 0.29) is 0 Å². The van der Waals surface area contributed by atoms with Gasteiger partial charge in [-0.05, 0) is 33.6 Å². The van der Waals surface area contributed by atoms with E-state index in [4.69, 9.17) is 9.26 Å². The maximum absolute atomic E-state index is 5.37. The number of ether oxygens (including phenoxy) is 1. The van der Waals surface area contributed by atoms with Gasteiger partial charge in [-0.25, -0.2) is 0 Å². The lowest BCUT2D eigenvalue weighted by Gasteiger charge is -2.26. The van der Waals surface area contributed by atoms with Crippen LogP contribution in [0.3, 0.4) is 0 Å². The van der Waals surface area contributed by atoms with Crippen molar-refractivity contribution in [2.24, 2.45) is 4.99 Å². The molecule has 2 rings (SSSR count). The summed E-state index contributed by atoms with van der Waals surface area (Å²) in [5, 5.41) is 10.7. The molecule has 1 saturated heterocycles. The molecule has 0 spiro atoms. The molecule has 7 heteroatoms. The number of aliphatic imine (C=N–C) groups is 1. The van der Waals surface area contributed by atoms with Crippen molar-refractivity contribution in [2.45, 2.75) is 33.6 Å². The number of aromatic nitrogens is 1. The molecule has 0 unspecified atom stereocenters. The molecule has 0 bridgehead atoms. The second kappa shape index (κ2) is 10.3. The van der Waals surface area contributed by atoms with Crippen LogP contribution in [0.15, 0.2) is 9.52 Å². The molecule has 0 aromatic carbocycles. The van der Waals surface area contributed by atoms with Crippen LogP contribution in [0.25, 0.3) is 0 Å². The van der Waals surface area contributed by atoms with Crippen LogP contribution in [0, 0.1) is 13.8 Å². The average Bonchev–Trinajstić information content (AvgIpc) is 2.91. The van der Waals surface area contributed by atoms with Crippen molar-refractivity contribution in [3.05, 3.63) is 17.0 Å². The molecule has 1 fully saturated rings. The predicted molar refractivity (Wildman–Crippen MR) is 95.5 cm³/mol. The Morgan fingerprint density at radius 1 is 1.25 bits per heavy atom. The Bertz CT molecular complexity index is 490. The van der Waals surface area contributed by atoms with E-state index in [1.807, 2.05) is 13.8 Å². The number of nitrogens with one attached hydrogen (secondary N) is 2. The zero-order chi connectivity index (χ0) is 17.2. The predicted octanol–water partition coefficient (Wildman–Crippen LogP) is 1.11. The number of hydrogen-bond acceptors (Lipinski definition) is 5. The van der Waals surface area contributed by atoms with Gasteiger partial charge < -0.3 is 19.9 Å². The summed E-state index contributed by atoms with van der Waals surface area (Å²) < 4.78 is 10.6. The van der Waals surface area contributed by atoms with Crippen LogP contribution in [0.4, 0.5) is 0 Å². The first kappa shape index (κ1) is 18.7. The maximum atomic E-state index is 5.37. The molecule has 7 nitrogen and oxygen atoms in total. The molecule has 0 radical (unpaired) electrons. The van der Waals surface area contributed by atoms with E-state index >= 15 is 0 Å². The first-order valence-corrected chi connectivity index (χ1v) is 8.94. The number of morpholine rings is 1. The fourth-order valence-electron chi connectivity index (χ4n) is 2.82. The van der Waals surface area contributed by atoms with Crippen LogP contribution >= 0.6 is 0 Å². The van der Waals surface area contributed by atoms with Gasteiger partial charge in [-0.3, -0.25) is 9.89 Å². The molecule has 1 aromatic heterocycles. The normalized spacial score (nSPS) is 16.4. The number of guanidine groups is 1. The van der Waals surface area contributed by atoms with Crippen LogP contribution in [-0.2, 0) is 11.2 Å².